The highest BCUT2D eigenvalue weighted by molar-refractivity contribution is 9.10. The van der Waals surface area contributed by atoms with Crippen molar-refractivity contribution in [2.45, 2.75) is 47.0 Å². The third-order valence-corrected chi connectivity index (χ3v) is 7.90. The summed E-state index contributed by atoms with van der Waals surface area (Å²) in [4.78, 5) is 13.5. The van der Waals surface area contributed by atoms with Crippen LogP contribution < -0.4 is 4.74 Å². The highest BCUT2D eigenvalue weighted by Crippen LogP contribution is 2.64. The maximum atomic E-state index is 14.2. The first kappa shape index (κ1) is 21.1. The summed E-state index contributed by atoms with van der Waals surface area (Å²) in [6, 6.07) is 10.0. The number of fused-ring (bicyclic) bond motifs is 2. The lowest BCUT2D eigenvalue weighted by Crippen LogP contribution is -2.43. The van der Waals surface area contributed by atoms with Crippen LogP contribution in [0.15, 0.2) is 46.6 Å². The second-order valence-corrected chi connectivity index (χ2v) is 10.00. The fraction of sp³-hybridized carbons (Fsp3) is 0.400. The van der Waals surface area contributed by atoms with Gasteiger partial charge in [-0.15, -0.1) is 0 Å². The Morgan fingerprint density at radius 3 is 2.60 bits per heavy atom. The molecule has 1 fully saturated rings. The molecule has 0 aliphatic heterocycles. The van der Waals surface area contributed by atoms with E-state index in [2.05, 4.69) is 36.7 Å². The van der Waals surface area contributed by atoms with Crippen molar-refractivity contribution >= 4 is 27.3 Å². The van der Waals surface area contributed by atoms with Crippen molar-refractivity contribution in [2.24, 2.45) is 16.7 Å². The van der Waals surface area contributed by atoms with E-state index in [9.17, 15) is 14.3 Å². The largest absolute Gasteiger partial charge is 0.511 e. The lowest BCUT2D eigenvalue weighted by molar-refractivity contribution is -0.122. The van der Waals surface area contributed by atoms with E-state index in [-0.39, 0.29) is 28.6 Å². The molecule has 0 unspecified atom stereocenters. The van der Waals surface area contributed by atoms with Crippen molar-refractivity contribution in [3.8, 4) is 11.5 Å². The van der Waals surface area contributed by atoms with Gasteiger partial charge >= 0.3 is 0 Å². The number of ether oxygens (including phenoxy) is 1. The number of hydrogen-bond donors (Lipinski definition) is 1. The maximum absolute atomic E-state index is 14.2. The Morgan fingerprint density at radius 1 is 1.20 bits per heavy atom. The number of halogens is 2. The molecule has 2 bridgehead atoms. The molecule has 3 nitrogen and oxygen atoms in total. The Hall–Kier alpha value is -2.14. The first-order valence-corrected chi connectivity index (χ1v) is 11.1. The van der Waals surface area contributed by atoms with Crippen LogP contribution in [0.2, 0.25) is 0 Å². The molecule has 0 amide bonds. The van der Waals surface area contributed by atoms with Crippen molar-refractivity contribution < 1.29 is 19.0 Å². The summed E-state index contributed by atoms with van der Waals surface area (Å²) < 4.78 is 20.7. The summed E-state index contributed by atoms with van der Waals surface area (Å²) in [7, 11) is 0. The lowest BCUT2D eigenvalue weighted by Gasteiger charge is -2.45. The van der Waals surface area contributed by atoms with Crippen LogP contribution in [0.4, 0.5) is 4.39 Å². The first-order valence-electron chi connectivity index (χ1n) is 10.3. The number of aliphatic hydroxyl groups is 1. The van der Waals surface area contributed by atoms with Gasteiger partial charge in [0.25, 0.3) is 0 Å². The maximum Gasteiger partial charge on any atom is 0.170 e. The van der Waals surface area contributed by atoms with E-state index in [1.54, 1.807) is 24.3 Å². The molecule has 0 aromatic heterocycles. The van der Waals surface area contributed by atoms with Crippen LogP contribution in [0.1, 0.15) is 51.7 Å². The third-order valence-electron chi connectivity index (χ3n) is 7.40. The van der Waals surface area contributed by atoms with E-state index in [0.717, 1.165) is 18.4 Å². The first-order chi connectivity index (χ1) is 14.1. The summed E-state index contributed by atoms with van der Waals surface area (Å²) in [5.74, 6) is 0.107. The quantitative estimate of drug-likeness (QED) is 0.509. The zero-order chi connectivity index (χ0) is 21.8. The molecule has 1 N–H and O–H groups in total. The highest BCUT2D eigenvalue weighted by Gasteiger charge is 2.61. The summed E-state index contributed by atoms with van der Waals surface area (Å²) in [6.45, 7) is 8.22. The molecule has 2 atom stereocenters. The van der Waals surface area contributed by atoms with E-state index in [1.807, 2.05) is 13.0 Å². The number of carbonyl (C=O) groups excluding carboxylic acids is 1. The van der Waals surface area contributed by atoms with Crippen molar-refractivity contribution in [3.63, 3.8) is 0 Å². The average molecular weight is 473 g/mol. The topological polar surface area (TPSA) is 46.5 Å². The molecule has 5 heteroatoms. The number of benzene rings is 2. The SMILES string of the molecule is CCc1ccc(Oc2ccc(Br)cc2F)cc1C1=C(O)[C@@]2(C)CC[C@H](C1=O)C2(C)C. The van der Waals surface area contributed by atoms with Crippen molar-refractivity contribution in [3.05, 3.63) is 63.6 Å². The standard InChI is InChI=1S/C25H26BrFO3/c1-5-14-6-8-16(30-20-9-7-15(26)12-19(20)27)13-17(14)21-22(28)18-10-11-25(4,23(21)29)24(18,2)3/h6-9,12-13,18,29H,5,10-11H2,1-4H3/t18-,25-/m1/s1. The van der Waals surface area contributed by atoms with Crippen LogP contribution in [0.5, 0.6) is 11.5 Å². The van der Waals surface area contributed by atoms with Crippen molar-refractivity contribution in [2.75, 3.05) is 0 Å². The Labute approximate surface area is 185 Å². The van der Waals surface area contributed by atoms with Gasteiger partial charge in [-0.1, -0.05) is 49.7 Å². The second-order valence-electron chi connectivity index (χ2n) is 9.08. The van der Waals surface area contributed by atoms with Crippen LogP contribution in [0.25, 0.3) is 5.57 Å². The van der Waals surface area contributed by atoms with Gasteiger partial charge < -0.3 is 9.84 Å². The van der Waals surface area contributed by atoms with Gasteiger partial charge in [0.15, 0.2) is 17.3 Å². The molecule has 30 heavy (non-hydrogen) atoms. The third kappa shape index (κ3) is 3.01. The predicted octanol–water partition coefficient (Wildman–Crippen LogP) is 7.24. The molecule has 0 radical (unpaired) electrons. The Balaban J connectivity index is 1.82. The van der Waals surface area contributed by atoms with Gasteiger partial charge in [0.05, 0.1) is 5.57 Å². The van der Waals surface area contributed by atoms with E-state index < -0.39 is 11.2 Å². The molecular formula is C25H26BrFO3. The van der Waals surface area contributed by atoms with Crippen LogP contribution in [-0.4, -0.2) is 10.9 Å². The number of aryl methyl sites for hydroxylation is 1. The van der Waals surface area contributed by atoms with Crippen LogP contribution in [0, 0.1) is 22.6 Å². The molecule has 2 aromatic carbocycles. The van der Waals surface area contributed by atoms with Crippen molar-refractivity contribution in [1.82, 2.24) is 0 Å². The molecule has 0 spiro atoms. The van der Waals surface area contributed by atoms with E-state index in [4.69, 9.17) is 4.74 Å². The van der Waals surface area contributed by atoms with Crippen LogP contribution in [0.3, 0.4) is 0 Å². The monoisotopic (exact) mass is 472 g/mol. The van der Waals surface area contributed by atoms with Crippen LogP contribution in [-0.2, 0) is 11.2 Å². The summed E-state index contributed by atoms with van der Waals surface area (Å²) in [5.41, 5.74) is 1.30. The number of allylic oxidation sites excluding steroid dienone is 2. The number of carbonyl (C=O) groups is 1. The van der Waals surface area contributed by atoms with E-state index >= 15 is 0 Å². The predicted molar refractivity (Wildman–Crippen MR) is 119 cm³/mol. The molecule has 1 saturated carbocycles. The minimum atomic E-state index is -0.478. The van der Waals surface area contributed by atoms with Gasteiger partial charge in [0.1, 0.15) is 11.5 Å². The van der Waals surface area contributed by atoms with E-state index in [0.29, 0.717) is 27.8 Å². The second kappa shape index (κ2) is 7.23. The Morgan fingerprint density at radius 2 is 1.93 bits per heavy atom. The molecule has 2 aliphatic rings. The molecule has 0 saturated heterocycles. The summed E-state index contributed by atoms with van der Waals surface area (Å²) >= 11 is 3.24. The van der Waals surface area contributed by atoms with Gasteiger partial charge in [-0.2, -0.15) is 0 Å². The van der Waals surface area contributed by atoms with Gasteiger partial charge in [-0.3, -0.25) is 4.79 Å². The number of ketones is 1. The summed E-state index contributed by atoms with van der Waals surface area (Å²) in [5, 5.41) is 11.3. The highest BCUT2D eigenvalue weighted by atomic mass is 79.9. The zero-order valence-electron chi connectivity index (χ0n) is 17.7. The summed E-state index contributed by atoms with van der Waals surface area (Å²) in [6.07, 6.45) is 2.27. The molecule has 2 aliphatic carbocycles. The number of Topliss-reactive ketones (excluding diaryl/α,β-unsaturated/α-hetero) is 1. The number of hydrogen-bond acceptors (Lipinski definition) is 3. The minimum absolute atomic E-state index is 0.00542. The molecule has 2 aromatic rings. The fourth-order valence-electron chi connectivity index (χ4n) is 5.06. The molecule has 0 heterocycles. The van der Waals surface area contributed by atoms with Gasteiger partial charge in [-0.25, -0.2) is 4.39 Å². The normalized spacial score (nSPS) is 25.0. The zero-order valence-corrected chi connectivity index (χ0v) is 19.3. The fourth-order valence-corrected chi connectivity index (χ4v) is 5.39. The number of aliphatic hydroxyl groups excluding tert-OH is 1. The van der Waals surface area contributed by atoms with Crippen molar-refractivity contribution in [1.29, 1.82) is 0 Å². The van der Waals surface area contributed by atoms with Gasteiger partial charge in [0, 0.05) is 15.8 Å². The number of rotatable bonds is 4. The average Bonchev–Trinajstić information content (AvgIpc) is 2.87. The van der Waals surface area contributed by atoms with E-state index in [1.165, 1.54) is 6.07 Å². The molecule has 4 rings (SSSR count). The smallest absolute Gasteiger partial charge is 0.170 e. The molecular weight excluding hydrogens is 447 g/mol. The van der Waals surface area contributed by atoms with Gasteiger partial charge in [-0.05, 0) is 66.1 Å². The lowest BCUT2D eigenvalue weighted by atomic mass is 9.58. The minimum Gasteiger partial charge on any atom is -0.511 e. The Kier molecular flexibility index (Phi) is 5.08. The van der Waals surface area contributed by atoms with Gasteiger partial charge in [0.2, 0.25) is 0 Å². The Bertz CT molecular complexity index is 1070. The van der Waals surface area contributed by atoms with Crippen LogP contribution >= 0.6 is 15.9 Å². The molecule has 158 valence electrons.